The van der Waals surface area contributed by atoms with Gasteiger partial charge in [0.2, 0.25) is 7.37 Å². The van der Waals surface area contributed by atoms with Crippen LogP contribution in [0.15, 0.2) is 54.0 Å². The fourth-order valence-electron chi connectivity index (χ4n) is 3.04. The minimum Gasteiger partial charge on any atom is -0.491 e. The van der Waals surface area contributed by atoms with Crippen LogP contribution in [0.3, 0.4) is 0 Å². The number of hydrogen-bond acceptors (Lipinski definition) is 6. The quantitative estimate of drug-likeness (QED) is 0.396. The van der Waals surface area contributed by atoms with Crippen molar-refractivity contribution in [3.8, 4) is 17.2 Å². The van der Waals surface area contributed by atoms with Crippen LogP contribution < -0.4 is 20.1 Å². The summed E-state index contributed by atoms with van der Waals surface area (Å²) in [6.45, 7) is 7.61. The van der Waals surface area contributed by atoms with E-state index in [1.165, 1.54) is 11.3 Å². The van der Waals surface area contributed by atoms with Gasteiger partial charge in [-0.25, -0.2) is 4.98 Å². The summed E-state index contributed by atoms with van der Waals surface area (Å²) in [5.41, 5.74) is 0.363. The Balaban J connectivity index is 1.83. The van der Waals surface area contributed by atoms with E-state index in [-0.39, 0.29) is 24.1 Å². The predicted octanol–water partition coefficient (Wildman–Crippen LogP) is 5.53. The molecular weight excluding hydrogens is 447 g/mol. The van der Waals surface area contributed by atoms with Gasteiger partial charge in [-0.3, -0.25) is 14.7 Å². The molecule has 0 fully saturated rings. The number of amides is 1. The zero-order valence-corrected chi connectivity index (χ0v) is 20.2. The van der Waals surface area contributed by atoms with E-state index in [1.807, 2.05) is 27.7 Å². The normalized spacial score (nSPS) is 13.1. The lowest BCUT2D eigenvalue weighted by Crippen LogP contribution is -2.13. The molecule has 2 N–H and O–H groups in total. The average molecular weight is 475 g/mol. The van der Waals surface area contributed by atoms with Crippen molar-refractivity contribution in [2.75, 3.05) is 11.5 Å². The van der Waals surface area contributed by atoms with Crippen LogP contribution >= 0.6 is 18.7 Å². The molecule has 0 aliphatic rings. The van der Waals surface area contributed by atoms with Crippen molar-refractivity contribution in [3.05, 3.63) is 59.6 Å². The van der Waals surface area contributed by atoms with Gasteiger partial charge in [-0.2, -0.15) is 0 Å². The Hall–Kier alpha value is -2.67. The van der Waals surface area contributed by atoms with Crippen LogP contribution in [0.25, 0.3) is 0 Å². The highest BCUT2D eigenvalue weighted by molar-refractivity contribution is 7.66. The standard InChI is InChI=1S/C23H27N2O5PS/c1-15(2)14-31(27,28)21-7-5-18(6-8-21)30-20-12-17(11-19(13-20)29-16(3)4)22(26)25-23-24-9-10-32-23/h5-13,15-16H,14H2,1-4H3,(H,27,28)(H,24,25,26). The lowest BCUT2D eigenvalue weighted by Gasteiger charge is -2.16. The summed E-state index contributed by atoms with van der Waals surface area (Å²) in [4.78, 5) is 27.1. The van der Waals surface area contributed by atoms with Crippen LogP contribution in [0.4, 0.5) is 5.13 Å². The molecule has 3 rings (SSSR count). The molecule has 1 atom stereocenters. The van der Waals surface area contributed by atoms with Crippen molar-refractivity contribution < 1.29 is 23.7 Å². The summed E-state index contributed by atoms with van der Waals surface area (Å²) in [5.74, 6) is 1.17. The van der Waals surface area contributed by atoms with Gasteiger partial charge in [0.15, 0.2) is 5.13 Å². The average Bonchev–Trinajstić information content (AvgIpc) is 3.19. The van der Waals surface area contributed by atoms with E-state index in [2.05, 4.69) is 10.3 Å². The molecular formula is C23H27N2O5PS. The molecule has 0 aliphatic carbocycles. The maximum Gasteiger partial charge on any atom is 0.257 e. The number of nitrogens with one attached hydrogen (secondary N) is 1. The highest BCUT2D eigenvalue weighted by atomic mass is 32.1. The number of thiazole rings is 1. The van der Waals surface area contributed by atoms with Gasteiger partial charge in [0.05, 0.1) is 6.10 Å². The second kappa shape index (κ2) is 10.3. The number of anilines is 1. The number of benzene rings is 2. The first-order chi connectivity index (χ1) is 15.1. The summed E-state index contributed by atoms with van der Waals surface area (Å²) < 4.78 is 24.2. The first-order valence-corrected chi connectivity index (χ1v) is 13.0. The van der Waals surface area contributed by atoms with Crippen molar-refractivity contribution in [1.82, 2.24) is 4.98 Å². The van der Waals surface area contributed by atoms with Gasteiger partial charge in [-0.05, 0) is 56.2 Å². The number of hydrogen-bond donors (Lipinski definition) is 2. The van der Waals surface area contributed by atoms with E-state index in [9.17, 15) is 14.3 Å². The van der Waals surface area contributed by atoms with E-state index in [1.54, 1.807) is 54.0 Å². The smallest absolute Gasteiger partial charge is 0.257 e. The highest BCUT2D eigenvalue weighted by Crippen LogP contribution is 2.41. The predicted molar refractivity (Wildman–Crippen MR) is 128 cm³/mol. The van der Waals surface area contributed by atoms with E-state index in [0.29, 0.717) is 33.2 Å². The lowest BCUT2D eigenvalue weighted by molar-refractivity contribution is 0.102. The molecule has 7 nitrogen and oxygen atoms in total. The van der Waals surface area contributed by atoms with E-state index >= 15 is 0 Å². The Morgan fingerprint density at radius 2 is 1.78 bits per heavy atom. The molecule has 1 amide bonds. The Bertz CT molecular complexity index is 1100. The lowest BCUT2D eigenvalue weighted by atomic mass is 10.2. The van der Waals surface area contributed by atoms with Crippen LogP contribution in [0.1, 0.15) is 38.1 Å². The third-order valence-corrected chi connectivity index (χ3v) is 7.27. The molecule has 1 aromatic heterocycles. The Morgan fingerprint density at radius 1 is 1.09 bits per heavy atom. The van der Waals surface area contributed by atoms with Gasteiger partial charge in [-0.15, -0.1) is 11.3 Å². The van der Waals surface area contributed by atoms with Crippen LogP contribution in [0.2, 0.25) is 0 Å². The molecule has 2 aromatic carbocycles. The van der Waals surface area contributed by atoms with Gasteiger partial charge in [0.1, 0.15) is 17.2 Å². The van der Waals surface area contributed by atoms with Crippen molar-refractivity contribution in [2.45, 2.75) is 33.8 Å². The Kier molecular flexibility index (Phi) is 7.72. The van der Waals surface area contributed by atoms with Gasteiger partial charge in [0, 0.05) is 34.7 Å². The number of carbonyl (C=O) groups excluding carboxylic acids is 1. The summed E-state index contributed by atoms with van der Waals surface area (Å²) >= 11 is 1.33. The molecule has 32 heavy (non-hydrogen) atoms. The summed E-state index contributed by atoms with van der Waals surface area (Å²) in [6, 6.07) is 11.4. The molecule has 0 aliphatic heterocycles. The Morgan fingerprint density at radius 3 is 2.38 bits per heavy atom. The molecule has 3 aromatic rings. The summed E-state index contributed by atoms with van der Waals surface area (Å²) in [7, 11) is -3.41. The third-order valence-electron chi connectivity index (χ3n) is 4.26. The number of carbonyl (C=O) groups is 1. The van der Waals surface area contributed by atoms with E-state index in [4.69, 9.17) is 9.47 Å². The molecule has 0 spiro atoms. The van der Waals surface area contributed by atoms with Crippen LogP contribution in [-0.4, -0.2) is 28.1 Å². The molecule has 1 unspecified atom stereocenters. The van der Waals surface area contributed by atoms with Crippen molar-refractivity contribution in [3.63, 3.8) is 0 Å². The largest absolute Gasteiger partial charge is 0.491 e. The second-order valence-corrected chi connectivity index (χ2v) is 11.2. The highest BCUT2D eigenvalue weighted by Gasteiger charge is 2.22. The second-order valence-electron chi connectivity index (χ2n) is 8.03. The fourth-order valence-corrected chi connectivity index (χ4v) is 5.38. The summed E-state index contributed by atoms with van der Waals surface area (Å²) in [6.07, 6.45) is 1.75. The van der Waals surface area contributed by atoms with E-state index < -0.39 is 7.37 Å². The first-order valence-electron chi connectivity index (χ1n) is 10.3. The van der Waals surface area contributed by atoms with Gasteiger partial charge in [-0.1, -0.05) is 13.8 Å². The van der Waals surface area contributed by atoms with Gasteiger partial charge < -0.3 is 14.4 Å². The molecule has 0 saturated heterocycles. The van der Waals surface area contributed by atoms with Gasteiger partial charge in [0.25, 0.3) is 5.91 Å². The van der Waals surface area contributed by atoms with Crippen molar-refractivity contribution in [2.24, 2.45) is 5.92 Å². The number of ether oxygens (including phenoxy) is 2. The minimum atomic E-state index is -3.41. The molecule has 0 radical (unpaired) electrons. The molecule has 170 valence electrons. The summed E-state index contributed by atoms with van der Waals surface area (Å²) in [5, 5.41) is 5.41. The van der Waals surface area contributed by atoms with Crippen LogP contribution in [0.5, 0.6) is 17.2 Å². The van der Waals surface area contributed by atoms with Gasteiger partial charge >= 0.3 is 0 Å². The maximum absolute atomic E-state index is 12.7. The van der Waals surface area contributed by atoms with Crippen molar-refractivity contribution >= 4 is 35.0 Å². The topological polar surface area (TPSA) is 97.8 Å². The van der Waals surface area contributed by atoms with Crippen molar-refractivity contribution in [1.29, 1.82) is 0 Å². The molecule has 9 heteroatoms. The fraction of sp³-hybridized carbons (Fsp3) is 0.304. The number of aromatic nitrogens is 1. The molecule has 0 saturated carbocycles. The SMILES string of the molecule is CC(C)CP(=O)(O)c1ccc(Oc2cc(OC(C)C)cc(C(=O)Nc3nccs3)c2)cc1. The monoisotopic (exact) mass is 474 g/mol. The minimum absolute atomic E-state index is 0.0842. The Labute approximate surface area is 191 Å². The molecule has 0 bridgehead atoms. The maximum atomic E-state index is 12.7. The first kappa shape index (κ1) is 24.0. The zero-order valence-electron chi connectivity index (χ0n) is 18.4. The zero-order chi connectivity index (χ0) is 23.3. The third kappa shape index (κ3) is 6.66. The number of rotatable bonds is 9. The molecule has 1 heterocycles. The van der Waals surface area contributed by atoms with Crippen LogP contribution in [-0.2, 0) is 4.57 Å². The van der Waals surface area contributed by atoms with Crippen LogP contribution in [0, 0.1) is 5.92 Å². The van der Waals surface area contributed by atoms with E-state index in [0.717, 1.165) is 0 Å². The number of nitrogens with zero attached hydrogens (tertiary/aromatic N) is 1.